The van der Waals surface area contributed by atoms with Crippen molar-refractivity contribution >= 4 is 17.8 Å². The number of nitrogens with zero attached hydrogens (tertiary/aromatic N) is 4. The molecule has 0 radical (unpaired) electrons. The van der Waals surface area contributed by atoms with Gasteiger partial charge in [-0.3, -0.25) is 9.59 Å². The number of carbonyl (C=O) groups excluding carboxylic acids is 3. The lowest BCUT2D eigenvalue weighted by molar-refractivity contribution is -0.189. The number of benzene rings is 1. The van der Waals surface area contributed by atoms with Gasteiger partial charge in [-0.05, 0) is 18.4 Å². The minimum absolute atomic E-state index is 0.0171. The zero-order chi connectivity index (χ0) is 23.8. The molecule has 4 amide bonds. The molecule has 1 unspecified atom stereocenters. The number of hydrogen-bond donors (Lipinski definition) is 1. The monoisotopic (exact) mass is 453 g/mol. The molecule has 33 heavy (non-hydrogen) atoms. The number of hydrogen-bond acceptors (Lipinski definition) is 4. The summed E-state index contributed by atoms with van der Waals surface area (Å²) >= 11 is 0. The van der Waals surface area contributed by atoms with Crippen molar-refractivity contribution < 1.29 is 14.4 Å². The molecule has 178 valence electrons. The first-order valence-electron chi connectivity index (χ1n) is 11.9. The molecule has 1 aromatic rings. The smallest absolute Gasteiger partial charge is 0.334 e. The van der Waals surface area contributed by atoms with Crippen LogP contribution in [0, 0.1) is 12.3 Å². The molecule has 2 fully saturated rings. The topological polar surface area (TPSA) is 76.2 Å². The van der Waals surface area contributed by atoms with Gasteiger partial charge in [0.15, 0.2) is 0 Å². The number of nitrogens with one attached hydrogen (secondary N) is 1. The van der Waals surface area contributed by atoms with Crippen LogP contribution in [-0.2, 0) is 16.1 Å². The largest absolute Gasteiger partial charge is 0.337 e. The van der Waals surface area contributed by atoms with E-state index in [0.717, 1.165) is 31.2 Å². The SMILES string of the molecule is C#CCN1CC(=O)N2C(CN(CCCC)C(=O)[C@@H]2CCCC)N1C(=O)NCc1ccccc1. The number of rotatable bonds is 9. The number of amides is 4. The molecule has 8 nitrogen and oxygen atoms in total. The van der Waals surface area contributed by atoms with Gasteiger partial charge in [-0.2, -0.15) is 5.01 Å². The minimum atomic E-state index is -0.577. The lowest BCUT2D eigenvalue weighted by Crippen LogP contribution is -2.76. The molecule has 0 aliphatic carbocycles. The Hall–Kier alpha value is -3.05. The van der Waals surface area contributed by atoms with Crippen LogP contribution in [0.3, 0.4) is 0 Å². The van der Waals surface area contributed by atoms with Gasteiger partial charge >= 0.3 is 6.03 Å². The highest BCUT2D eigenvalue weighted by molar-refractivity contribution is 5.91. The van der Waals surface area contributed by atoms with Crippen molar-refractivity contribution in [1.29, 1.82) is 0 Å². The van der Waals surface area contributed by atoms with Crippen molar-refractivity contribution in [3.63, 3.8) is 0 Å². The Kier molecular flexibility index (Phi) is 8.72. The van der Waals surface area contributed by atoms with Gasteiger partial charge in [0.2, 0.25) is 11.8 Å². The van der Waals surface area contributed by atoms with Crippen LogP contribution in [0.2, 0.25) is 0 Å². The minimum Gasteiger partial charge on any atom is -0.337 e. The first kappa shape index (κ1) is 24.6. The summed E-state index contributed by atoms with van der Waals surface area (Å²) in [7, 11) is 0. The molecular weight excluding hydrogens is 418 g/mol. The first-order chi connectivity index (χ1) is 16.0. The molecule has 0 bridgehead atoms. The second-order valence-corrected chi connectivity index (χ2v) is 8.59. The van der Waals surface area contributed by atoms with Gasteiger partial charge in [-0.1, -0.05) is 69.4 Å². The van der Waals surface area contributed by atoms with Crippen LogP contribution in [0.25, 0.3) is 0 Å². The average molecular weight is 454 g/mol. The van der Waals surface area contributed by atoms with Crippen molar-refractivity contribution in [2.24, 2.45) is 0 Å². The molecule has 2 heterocycles. The Morgan fingerprint density at radius 3 is 2.55 bits per heavy atom. The molecule has 3 rings (SSSR count). The fourth-order valence-electron chi connectivity index (χ4n) is 4.52. The predicted octanol–water partition coefficient (Wildman–Crippen LogP) is 2.42. The van der Waals surface area contributed by atoms with Crippen LogP contribution >= 0.6 is 0 Å². The zero-order valence-electron chi connectivity index (χ0n) is 19.7. The third-order valence-corrected chi connectivity index (χ3v) is 6.21. The van der Waals surface area contributed by atoms with Crippen molar-refractivity contribution in [3.8, 4) is 12.3 Å². The Morgan fingerprint density at radius 2 is 1.88 bits per heavy atom. The summed E-state index contributed by atoms with van der Waals surface area (Å²) in [5.74, 6) is 2.39. The number of hydrazine groups is 1. The van der Waals surface area contributed by atoms with E-state index in [1.807, 2.05) is 35.2 Å². The van der Waals surface area contributed by atoms with Gasteiger partial charge in [0.25, 0.3) is 0 Å². The second-order valence-electron chi connectivity index (χ2n) is 8.59. The molecule has 0 aromatic heterocycles. The number of unbranched alkanes of at least 4 members (excludes halogenated alkanes) is 2. The van der Waals surface area contributed by atoms with E-state index in [0.29, 0.717) is 19.5 Å². The molecule has 1 N–H and O–H groups in total. The summed E-state index contributed by atoms with van der Waals surface area (Å²) in [5.41, 5.74) is 0.975. The van der Waals surface area contributed by atoms with Crippen LogP contribution in [0.5, 0.6) is 0 Å². The van der Waals surface area contributed by atoms with E-state index in [2.05, 4.69) is 25.1 Å². The lowest BCUT2D eigenvalue weighted by Gasteiger charge is -2.55. The van der Waals surface area contributed by atoms with Gasteiger partial charge in [0.05, 0.1) is 19.6 Å². The third-order valence-electron chi connectivity index (χ3n) is 6.21. The Morgan fingerprint density at radius 1 is 1.15 bits per heavy atom. The Bertz CT molecular complexity index is 869. The maximum absolute atomic E-state index is 13.4. The van der Waals surface area contributed by atoms with Gasteiger partial charge < -0.3 is 15.1 Å². The van der Waals surface area contributed by atoms with Crippen molar-refractivity contribution in [2.45, 2.75) is 64.7 Å². The second kappa shape index (κ2) is 11.7. The fraction of sp³-hybridized carbons (Fsp3) is 0.560. The molecular formula is C25H35N5O3. The number of urea groups is 1. The molecule has 2 aliphatic heterocycles. The molecule has 2 atom stereocenters. The maximum atomic E-state index is 13.4. The molecule has 2 saturated heterocycles. The molecule has 0 saturated carbocycles. The van der Waals surface area contributed by atoms with Crippen LogP contribution in [0.4, 0.5) is 4.79 Å². The standard InChI is InChI=1S/C25H35N5O3/c1-4-7-14-21-24(32)27(16-8-5-2)18-22-29(21)23(31)19-28(15-6-3)30(22)25(33)26-17-20-12-10-9-11-13-20/h3,9-13,21-22H,4-5,7-8,14-19H2,1-2H3,(H,26,33)/t21-,22?/m0/s1. The van der Waals surface area contributed by atoms with Crippen LogP contribution < -0.4 is 5.32 Å². The van der Waals surface area contributed by atoms with Crippen molar-refractivity contribution in [2.75, 3.05) is 26.2 Å². The van der Waals surface area contributed by atoms with E-state index in [-0.39, 0.29) is 37.5 Å². The average Bonchev–Trinajstić information content (AvgIpc) is 2.82. The Balaban J connectivity index is 1.89. The van der Waals surface area contributed by atoms with Crippen molar-refractivity contribution in [1.82, 2.24) is 25.1 Å². The van der Waals surface area contributed by atoms with Gasteiger partial charge in [0, 0.05) is 13.1 Å². The summed E-state index contributed by atoms with van der Waals surface area (Å²) < 4.78 is 0. The van der Waals surface area contributed by atoms with Crippen LogP contribution in [0.15, 0.2) is 30.3 Å². The number of fused-ring (bicyclic) bond motifs is 1. The zero-order valence-corrected chi connectivity index (χ0v) is 19.7. The van der Waals surface area contributed by atoms with E-state index in [1.165, 1.54) is 0 Å². The van der Waals surface area contributed by atoms with Gasteiger partial charge in [-0.25, -0.2) is 9.80 Å². The van der Waals surface area contributed by atoms with Crippen molar-refractivity contribution in [3.05, 3.63) is 35.9 Å². The van der Waals surface area contributed by atoms with E-state index < -0.39 is 12.2 Å². The van der Waals surface area contributed by atoms with E-state index in [4.69, 9.17) is 6.42 Å². The predicted molar refractivity (Wildman–Crippen MR) is 126 cm³/mol. The number of piperazine rings is 1. The van der Waals surface area contributed by atoms with Crippen LogP contribution in [0.1, 0.15) is 51.5 Å². The summed E-state index contributed by atoms with van der Waals surface area (Å²) in [4.78, 5) is 43.3. The highest BCUT2D eigenvalue weighted by atomic mass is 16.2. The molecule has 2 aliphatic rings. The summed E-state index contributed by atoms with van der Waals surface area (Å²) in [6.45, 7) is 5.52. The Labute approximate surface area is 196 Å². The van der Waals surface area contributed by atoms with Crippen LogP contribution in [-0.4, -0.2) is 76.0 Å². The third kappa shape index (κ3) is 5.66. The number of terminal acetylenes is 1. The van der Waals surface area contributed by atoms with E-state index >= 15 is 0 Å². The maximum Gasteiger partial charge on any atom is 0.334 e. The van der Waals surface area contributed by atoms with Gasteiger partial charge in [0.1, 0.15) is 12.2 Å². The van der Waals surface area contributed by atoms with E-state index in [9.17, 15) is 14.4 Å². The molecule has 8 heteroatoms. The van der Waals surface area contributed by atoms with Gasteiger partial charge in [-0.15, -0.1) is 6.42 Å². The first-order valence-corrected chi connectivity index (χ1v) is 11.9. The summed E-state index contributed by atoms with van der Waals surface area (Å²) in [6.07, 6.45) is 9.18. The summed E-state index contributed by atoms with van der Waals surface area (Å²) in [5, 5.41) is 6.15. The quantitative estimate of drug-likeness (QED) is 0.583. The lowest BCUT2D eigenvalue weighted by atomic mass is 10.0. The molecule has 0 spiro atoms. The summed E-state index contributed by atoms with van der Waals surface area (Å²) in [6, 6.07) is 8.78. The number of carbonyl (C=O) groups is 3. The normalized spacial score (nSPS) is 21.1. The highest BCUT2D eigenvalue weighted by Gasteiger charge is 2.50. The fourth-order valence-corrected chi connectivity index (χ4v) is 4.52. The van der Waals surface area contributed by atoms with E-state index in [1.54, 1.807) is 14.9 Å². The molecule has 1 aromatic carbocycles. The highest BCUT2D eigenvalue weighted by Crippen LogP contribution is 2.29.